The number of aromatic nitrogens is 1. The first-order valence-electron chi connectivity index (χ1n) is 8.72. The van der Waals surface area contributed by atoms with Gasteiger partial charge in [-0.05, 0) is 43.5 Å². The molecule has 0 amide bonds. The van der Waals surface area contributed by atoms with Crippen LogP contribution in [0.15, 0.2) is 35.4 Å². The predicted molar refractivity (Wildman–Crippen MR) is 112 cm³/mol. The highest BCUT2D eigenvalue weighted by Crippen LogP contribution is 2.29. The standard InChI is InChI=1S/C19H21Cl3N4/c1-13(24-25-19-17(21)12-16(20)18(22)23-19)14-6-8-15(9-7-14)26-10-4-2-3-5-11-26/h6-9,12H,2-5,10-11H2,1H3,(H,23,25). The number of rotatable bonds is 4. The molecule has 0 unspecified atom stereocenters. The van der Waals surface area contributed by atoms with E-state index < -0.39 is 0 Å². The van der Waals surface area contributed by atoms with Crippen molar-refractivity contribution < 1.29 is 0 Å². The van der Waals surface area contributed by atoms with Gasteiger partial charge >= 0.3 is 0 Å². The first kappa shape index (κ1) is 19.3. The summed E-state index contributed by atoms with van der Waals surface area (Å²) in [7, 11) is 0. The smallest absolute Gasteiger partial charge is 0.166 e. The largest absolute Gasteiger partial charge is 0.372 e. The first-order chi connectivity index (χ1) is 12.5. The summed E-state index contributed by atoms with van der Waals surface area (Å²) in [5.74, 6) is 0.376. The minimum Gasteiger partial charge on any atom is -0.372 e. The third-order valence-corrected chi connectivity index (χ3v) is 5.43. The van der Waals surface area contributed by atoms with E-state index in [-0.39, 0.29) is 5.15 Å². The van der Waals surface area contributed by atoms with Gasteiger partial charge in [-0.2, -0.15) is 5.10 Å². The Labute approximate surface area is 169 Å². The second kappa shape index (κ2) is 8.94. The zero-order valence-corrected chi connectivity index (χ0v) is 16.9. The molecule has 2 heterocycles. The van der Waals surface area contributed by atoms with Crippen molar-refractivity contribution in [1.29, 1.82) is 0 Å². The van der Waals surface area contributed by atoms with Crippen molar-refractivity contribution in [2.45, 2.75) is 32.6 Å². The molecule has 0 aliphatic carbocycles. The van der Waals surface area contributed by atoms with E-state index in [0.29, 0.717) is 15.9 Å². The zero-order valence-electron chi connectivity index (χ0n) is 14.6. The lowest BCUT2D eigenvalue weighted by Gasteiger charge is -2.22. The molecule has 1 aromatic heterocycles. The Hall–Kier alpha value is -1.49. The number of benzene rings is 1. The van der Waals surface area contributed by atoms with Gasteiger partial charge in [-0.3, -0.25) is 5.43 Å². The molecule has 138 valence electrons. The number of hydrogen-bond donors (Lipinski definition) is 1. The van der Waals surface area contributed by atoms with Gasteiger partial charge in [0.05, 0.1) is 15.8 Å². The van der Waals surface area contributed by atoms with E-state index in [1.54, 1.807) is 6.07 Å². The maximum Gasteiger partial charge on any atom is 0.166 e. The number of nitrogens with one attached hydrogen (secondary N) is 1. The van der Waals surface area contributed by atoms with Crippen LogP contribution in [0.3, 0.4) is 0 Å². The molecule has 3 rings (SSSR count). The molecule has 1 fully saturated rings. The van der Waals surface area contributed by atoms with Crippen LogP contribution in [0.1, 0.15) is 38.2 Å². The molecule has 0 atom stereocenters. The van der Waals surface area contributed by atoms with Crippen LogP contribution in [-0.4, -0.2) is 23.8 Å². The Bertz CT molecular complexity index is 782. The summed E-state index contributed by atoms with van der Waals surface area (Å²) in [5.41, 5.74) is 5.99. The van der Waals surface area contributed by atoms with Gasteiger partial charge in [-0.25, -0.2) is 4.98 Å². The lowest BCUT2D eigenvalue weighted by Crippen LogP contribution is -2.23. The second-order valence-electron chi connectivity index (χ2n) is 6.35. The topological polar surface area (TPSA) is 40.5 Å². The Morgan fingerprint density at radius 1 is 1.00 bits per heavy atom. The van der Waals surface area contributed by atoms with Crippen molar-refractivity contribution in [2.75, 3.05) is 23.4 Å². The fourth-order valence-corrected chi connectivity index (χ4v) is 3.51. The summed E-state index contributed by atoms with van der Waals surface area (Å²) in [6, 6.07) is 10.0. The van der Waals surface area contributed by atoms with Gasteiger partial charge in [0, 0.05) is 18.8 Å². The molecule has 1 aliphatic heterocycles. The lowest BCUT2D eigenvalue weighted by atomic mass is 10.1. The van der Waals surface area contributed by atoms with Crippen LogP contribution >= 0.6 is 34.8 Å². The van der Waals surface area contributed by atoms with E-state index in [0.717, 1.165) is 24.4 Å². The van der Waals surface area contributed by atoms with Gasteiger partial charge < -0.3 is 4.90 Å². The van der Waals surface area contributed by atoms with Gasteiger partial charge in [0.1, 0.15) is 5.15 Å². The molecule has 26 heavy (non-hydrogen) atoms. The molecular weight excluding hydrogens is 391 g/mol. The Morgan fingerprint density at radius 3 is 2.31 bits per heavy atom. The lowest BCUT2D eigenvalue weighted by molar-refractivity contribution is 0.726. The average Bonchev–Trinajstić information content (AvgIpc) is 2.93. The van der Waals surface area contributed by atoms with E-state index in [1.807, 2.05) is 6.92 Å². The van der Waals surface area contributed by atoms with E-state index in [1.165, 1.54) is 31.4 Å². The van der Waals surface area contributed by atoms with Crippen LogP contribution in [0.4, 0.5) is 11.5 Å². The number of hydrazone groups is 1. The van der Waals surface area contributed by atoms with Crippen molar-refractivity contribution in [3.05, 3.63) is 51.1 Å². The summed E-state index contributed by atoms with van der Waals surface area (Å²) in [5, 5.41) is 5.23. The fourth-order valence-electron chi connectivity index (χ4n) is 2.97. The van der Waals surface area contributed by atoms with Gasteiger partial charge in [-0.15, -0.1) is 0 Å². The minimum atomic E-state index is 0.188. The van der Waals surface area contributed by atoms with E-state index in [9.17, 15) is 0 Å². The highest BCUT2D eigenvalue weighted by atomic mass is 35.5. The molecule has 4 nitrogen and oxygen atoms in total. The molecular formula is C19H21Cl3N4. The summed E-state index contributed by atoms with van der Waals surface area (Å²) in [6.07, 6.45) is 5.20. The van der Waals surface area contributed by atoms with Crippen molar-refractivity contribution in [3.8, 4) is 0 Å². The Morgan fingerprint density at radius 2 is 1.65 bits per heavy atom. The Kier molecular flexibility index (Phi) is 6.63. The minimum absolute atomic E-state index is 0.188. The molecule has 1 aliphatic rings. The molecule has 1 saturated heterocycles. The highest BCUT2D eigenvalue weighted by Gasteiger charge is 2.10. The van der Waals surface area contributed by atoms with Gasteiger partial charge in [0.2, 0.25) is 0 Å². The maximum absolute atomic E-state index is 6.11. The number of pyridine rings is 1. The normalized spacial score (nSPS) is 15.7. The Balaban J connectivity index is 1.70. The molecule has 0 radical (unpaired) electrons. The van der Waals surface area contributed by atoms with Crippen molar-refractivity contribution in [2.24, 2.45) is 5.10 Å². The second-order valence-corrected chi connectivity index (χ2v) is 7.52. The molecule has 2 aromatic rings. The number of nitrogens with zero attached hydrogens (tertiary/aromatic N) is 3. The molecule has 7 heteroatoms. The van der Waals surface area contributed by atoms with E-state index >= 15 is 0 Å². The van der Waals surface area contributed by atoms with Crippen molar-refractivity contribution in [3.63, 3.8) is 0 Å². The van der Waals surface area contributed by atoms with Gasteiger partial charge in [0.15, 0.2) is 5.82 Å². The summed E-state index contributed by atoms with van der Waals surface area (Å²) in [4.78, 5) is 6.56. The number of anilines is 2. The summed E-state index contributed by atoms with van der Waals surface area (Å²) in [6.45, 7) is 4.20. The number of hydrogen-bond acceptors (Lipinski definition) is 4. The van der Waals surface area contributed by atoms with Crippen LogP contribution < -0.4 is 10.3 Å². The van der Waals surface area contributed by atoms with Gasteiger partial charge in [-0.1, -0.05) is 59.8 Å². The number of halogens is 3. The third kappa shape index (κ3) is 4.81. The van der Waals surface area contributed by atoms with Crippen LogP contribution in [0.25, 0.3) is 0 Å². The monoisotopic (exact) mass is 410 g/mol. The van der Waals surface area contributed by atoms with Gasteiger partial charge in [0.25, 0.3) is 0 Å². The van der Waals surface area contributed by atoms with Crippen LogP contribution in [0.5, 0.6) is 0 Å². The van der Waals surface area contributed by atoms with E-state index in [4.69, 9.17) is 34.8 Å². The van der Waals surface area contributed by atoms with Crippen molar-refractivity contribution >= 4 is 52.0 Å². The van der Waals surface area contributed by atoms with Crippen molar-refractivity contribution in [1.82, 2.24) is 4.98 Å². The van der Waals surface area contributed by atoms with E-state index in [2.05, 4.69) is 44.7 Å². The molecule has 0 spiro atoms. The first-order valence-corrected chi connectivity index (χ1v) is 9.85. The maximum atomic E-state index is 6.11. The quantitative estimate of drug-likeness (QED) is 0.367. The molecule has 0 saturated carbocycles. The predicted octanol–water partition coefficient (Wildman–Crippen LogP) is 6.26. The van der Waals surface area contributed by atoms with Crippen LogP contribution in [0.2, 0.25) is 15.2 Å². The van der Waals surface area contributed by atoms with Crippen LogP contribution in [0, 0.1) is 0 Å². The van der Waals surface area contributed by atoms with Crippen LogP contribution in [-0.2, 0) is 0 Å². The zero-order chi connectivity index (χ0) is 18.5. The summed E-state index contributed by atoms with van der Waals surface area (Å²) < 4.78 is 0. The fraction of sp³-hybridized carbons (Fsp3) is 0.368. The SMILES string of the molecule is CC(=NNc1nc(Cl)c(Cl)cc1Cl)c1ccc(N2CCCCCC2)cc1. The molecule has 1 N–H and O–H groups in total. The molecule has 0 bridgehead atoms. The molecule has 1 aromatic carbocycles. The highest BCUT2D eigenvalue weighted by molar-refractivity contribution is 6.42. The summed E-state index contributed by atoms with van der Waals surface area (Å²) >= 11 is 17.9. The third-order valence-electron chi connectivity index (χ3n) is 4.47. The average molecular weight is 412 g/mol.